The SMILES string of the molecule is Cc1cccc(CC(=O)NCC(=O)N2CCCC(C)C2)c1. The summed E-state index contributed by atoms with van der Waals surface area (Å²) >= 11 is 0. The number of hydrogen-bond donors (Lipinski definition) is 1. The van der Waals surface area contributed by atoms with Crippen molar-refractivity contribution in [2.75, 3.05) is 19.6 Å². The van der Waals surface area contributed by atoms with Crippen LogP contribution in [0.4, 0.5) is 0 Å². The Morgan fingerprint density at radius 2 is 2.19 bits per heavy atom. The number of nitrogens with one attached hydrogen (secondary N) is 1. The maximum absolute atomic E-state index is 12.1. The van der Waals surface area contributed by atoms with Crippen LogP contribution >= 0.6 is 0 Å². The number of amides is 2. The van der Waals surface area contributed by atoms with Gasteiger partial charge in [-0.3, -0.25) is 9.59 Å². The van der Waals surface area contributed by atoms with E-state index in [9.17, 15) is 9.59 Å². The summed E-state index contributed by atoms with van der Waals surface area (Å²) in [6.07, 6.45) is 2.57. The third-order valence-electron chi connectivity index (χ3n) is 3.89. The third kappa shape index (κ3) is 4.88. The number of piperidine rings is 1. The van der Waals surface area contributed by atoms with Gasteiger partial charge in [-0.25, -0.2) is 0 Å². The summed E-state index contributed by atoms with van der Waals surface area (Å²) in [5, 5.41) is 2.73. The molecule has 1 heterocycles. The number of likely N-dealkylation sites (tertiary alicyclic amines) is 1. The standard InChI is InChI=1S/C17H24N2O2/c1-13-5-3-7-15(9-13)10-16(20)18-11-17(21)19-8-4-6-14(2)12-19/h3,5,7,9,14H,4,6,8,10-12H2,1-2H3,(H,18,20). The zero-order valence-corrected chi connectivity index (χ0v) is 12.9. The molecule has 0 saturated carbocycles. The summed E-state index contributed by atoms with van der Waals surface area (Å²) < 4.78 is 0. The minimum Gasteiger partial charge on any atom is -0.347 e. The van der Waals surface area contributed by atoms with E-state index in [0.717, 1.165) is 30.6 Å². The molecule has 4 heteroatoms. The second-order valence-electron chi connectivity index (χ2n) is 6.03. The van der Waals surface area contributed by atoms with Crippen LogP contribution in [0, 0.1) is 12.8 Å². The molecule has 1 saturated heterocycles. The van der Waals surface area contributed by atoms with Crippen molar-refractivity contribution in [3.05, 3.63) is 35.4 Å². The maximum atomic E-state index is 12.1. The highest BCUT2D eigenvalue weighted by Crippen LogP contribution is 2.15. The second kappa shape index (κ2) is 7.25. The summed E-state index contributed by atoms with van der Waals surface area (Å²) in [6.45, 7) is 5.90. The number of aryl methyl sites for hydroxylation is 1. The Morgan fingerprint density at radius 3 is 2.90 bits per heavy atom. The van der Waals surface area contributed by atoms with Gasteiger partial charge in [0.15, 0.2) is 0 Å². The van der Waals surface area contributed by atoms with E-state index in [1.54, 1.807) is 0 Å². The Balaban J connectivity index is 1.77. The summed E-state index contributed by atoms with van der Waals surface area (Å²) in [7, 11) is 0. The average molecular weight is 288 g/mol. The molecule has 2 rings (SSSR count). The Kier molecular flexibility index (Phi) is 5.37. The molecule has 1 aliphatic rings. The number of benzene rings is 1. The first-order chi connectivity index (χ1) is 10.0. The van der Waals surface area contributed by atoms with Crippen molar-refractivity contribution in [3.8, 4) is 0 Å². The molecule has 0 aliphatic carbocycles. The van der Waals surface area contributed by atoms with Gasteiger partial charge in [0.25, 0.3) is 0 Å². The van der Waals surface area contributed by atoms with Crippen LogP contribution in [0.3, 0.4) is 0 Å². The van der Waals surface area contributed by atoms with E-state index < -0.39 is 0 Å². The van der Waals surface area contributed by atoms with Gasteiger partial charge in [-0.05, 0) is 31.2 Å². The van der Waals surface area contributed by atoms with Gasteiger partial charge in [0, 0.05) is 13.1 Å². The number of carbonyl (C=O) groups excluding carboxylic acids is 2. The lowest BCUT2D eigenvalue weighted by atomic mass is 10.0. The quantitative estimate of drug-likeness (QED) is 0.920. The van der Waals surface area contributed by atoms with Crippen molar-refractivity contribution in [2.24, 2.45) is 5.92 Å². The number of carbonyl (C=O) groups is 2. The average Bonchev–Trinajstić information content (AvgIpc) is 2.45. The van der Waals surface area contributed by atoms with E-state index >= 15 is 0 Å². The van der Waals surface area contributed by atoms with Crippen LogP contribution in [0.25, 0.3) is 0 Å². The van der Waals surface area contributed by atoms with Crippen molar-refractivity contribution in [1.82, 2.24) is 10.2 Å². The molecule has 1 aromatic rings. The molecule has 0 spiro atoms. The summed E-state index contributed by atoms with van der Waals surface area (Å²) in [4.78, 5) is 25.8. The fourth-order valence-electron chi connectivity index (χ4n) is 2.77. The van der Waals surface area contributed by atoms with Gasteiger partial charge in [-0.2, -0.15) is 0 Å². The van der Waals surface area contributed by atoms with Gasteiger partial charge < -0.3 is 10.2 Å². The van der Waals surface area contributed by atoms with Crippen LogP contribution in [0.5, 0.6) is 0 Å². The van der Waals surface area contributed by atoms with Crippen molar-refractivity contribution >= 4 is 11.8 Å². The Bertz CT molecular complexity index is 513. The van der Waals surface area contributed by atoms with Crippen LogP contribution in [-0.2, 0) is 16.0 Å². The summed E-state index contributed by atoms with van der Waals surface area (Å²) in [5.74, 6) is 0.490. The van der Waals surface area contributed by atoms with E-state index in [1.807, 2.05) is 36.1 Å². The Morgan fingerprint density at radius 1 is 1.38 bits per heavy atom. The van der Waals surface area contributed by atoms with Crippen molar-refractivity contribution < 1.29 is 9.59 Å². The molecule has 21 heavy (non-hydrogen) atoms. The zero-order chi connectivity index (χ0) is 15.2. The largest absolute Gasteiger partial charge is 0.347 e. The van der Waals surface area contributed by atoms with Gasteiger partial charge >= 0.3 is 0 Å². The van der Waals surface area contributed by atoms with Gasteiger partial charge in [0.2, 0.25) is 11.8 Å². The maximum Gasteiger partial charge on any atom is 0.241 e. The first kappa shape index (κ1) is 15.5. The fraction of sp³-hybridized carbons (Fsp3) is 0.529. The van der Waals surface area contributed by atoms with E-state index in [-0.39, 0.29) is 18.4 Å². The highest BCUT2D eigenvalue weighted by molar-refractivity contribution is 5.85. The van der Waals surface area contributed by atoms with E-state index in [4.69, 9.17) is 0 Å². The third-order valence-corrected chi connectivity index (χ3v) is 3.89. The number of rotatable bonds is 4. The van der Waals surface area contributed by atoms with E-state index in [2.05, 4.69) is 12.2 Å². The molecule has 114 valence electrons. The lowest BCUT2D eigenvalue weighted by Crippen LogP contribution is -2.44. The monoisotopic (exact) mass is 288 g/mol. The minimum absolute atomic E-state index is 0.0270. The second-order valence-corrected chi connectivity index (χ2v) is 6.03. The van der Waals surface area contributed by atoms with E-state index in [0.29, 0.717) is 12.3 Å². The van der Waals surface area contributed by atoms with Crippen molar-refractivity contribution in [2.45, 2.75) is 33.1 Å². The van der Waals surface area contributed by atoms with Gasteiger partial charge in [-0.1, -0.05) is 36.8 Å². The molecule has 1 atom stereocenters. The predicted molar refractivity (Wildman–Crippen MR) is 82.9 cm³/mol. The minimum atomic E-state index is -0.0981. The molecule has 1 aromatic carbocycles. The first-order valence-electron chi connectivity index (χ1n) is 7.64. The Labute approximate surface area is 126 Å². The molecule has 2 amide bonds. The molecular formula is C17H24N2O2. The van der Waals surface area contributed by atoms with Crippen LogP contribution in [-0.4, -0.2) is 36.3 Å². The smallest absolute Gasteiger partial charge is 0.241 e. The molecule has 0 bridgehead atoms. The molecule has 0 radical (unpaired) electrons. The number of hydrogen-bond acceptors (Lipinski definition) is 2. The van der Waals surface area contributed by atoms with Crippen molar-refractivity contribution in [3.63, 3.8) is 0 Å². The predicted octanol–water partition coefficient (Wildman–Crippen LogP) is 1.91. The zero-order valence-electron chi connectivity index (χ0n) is 12.9. The summed E-state index contributed by atoms with van der Waals surface area (Å²) in [6, 6.07) is 7.87. The lowest BCUT2D eigenvalue weighted by Gasteiger charge is -2.31. The Hall–Kier alpha value is -1.84. The molecule has 1 aliphatic heterocycles. The first-order valence-corrected chi connectivity index (χ1v) is 7.64. The van der Waals surface area contributed by atoms with Gasteiger partial charge in [0.05, 0.1) is 13.0 Å². The van der Waals surface area contributed by atoms with Crippen LogP contribution < -0.4 is 5.32 Å². The van der Waals surface area contributed by atoms with Crippen molar-refractivity contribution in [1.29, 1.82) is 0 Å². The molecule has 0 aromatic heterocycles. The highest BCUT2D eigenvalue weighted by atomic mass is 16.2. The molecule has 1 N–H and O–H groups in total. The highest BCUT2D eigenvalue weighted by Gasteiger charge is 2.20. The molecule has 1 unspecified atom stereocenters. The number of nitrogens with zero attached hydrogens (tertiary/aromatic N) is 1. The molecule has 1 fully saturated rings. The van der Waals surface area contributed by atoms with Crippen LogP contribution in [0.2, 0.25) is 0 Å². The molecule has 4 nitrogen and oxygen atoms in total. The topological polar surface area (TPSA) is 49.4 Å². The summed E-state index contributed by atoms with van der Waals surface area (Å²) in [5.41, 5.74) is 2.12. The lowest BCUT2D eigenvalue weighted by molar-refractivity contribution is -0.134. The van der Waals surface area contributed by atoms with Crippen LogP contribution in [0.15, 0.2) is 24.3 Å². The van der Waals surface area contributed by atoms with E-state index in [1.165, 1.54) is 6.42 Å². The van der Waals surface area contributed by atoms with Gasteiger partial charge in [-0.15, -0.1) is 0 Å². The van der Waals surface area contributed by atoms with Crippen LogP contribution in [0.1, 0.15) is 30.9 Å². The van der Waals surface area contributed by atoms with Gasteiger partial charge in [0.1, 0.15) is 0 Å². The molecular weight excluding hydrogens is 264 g/mol. The fourth-order valence-corrected chi connectivity index (χ4v) is 2.77. The normalized spacial score (nSPS) is 18.4.